The van der Waals surface area contributed by atoms with Gasteiger partial charge in [-0.05, 0) is 25.5 Å². The van der Waals surface area contributed by atoms with Crippen LogP contribution in [0, 0.1) is 0 Å². The fourth-order valence-electron chi connectivity index (χ4n) is 2.14. The molecule has 0 amide bonds. The molecule has 1 heterocycles. The minimum atomic E-state index is -0.440. The van der Waals surface area contributed by atoms with Gasteiger partial charge in [-0.1, -0.05) is 30.3 Å². The number of rotatable bonds is 6. The van der Waals surface area contributed by atoms with Crippen molar-refractivity contribution in [2.45, 2.75) is 32.5 Å². The standard InChI is InChI=1S/C15H21N3O/c1-3-18-14(9-10-17-18)11-16-15(2,12-19)13-7-5-4-6-8-13/h4-10,16,19H,3,11-12H2,1-2H3. The van der Waals surface area contributed by atoms with Crippen LogP contribution in [0.2, 0.25) is 0 Å². The highest BCUT2D eigenvalue weighted by Gasteiger charge is 2.25. The molecule has 4 nitrogen and oxygen atoms in total. The predicted octanol–water partition coefficient (Wildman–Crippen LogP) is 1.90. The lowest BCUT2D eigenvalue weighted by molar-refractivity contribution is 0.172. The van der Waals surface area contributed by atoms with Gasteiger partial charge in [0, 0.05) is 19.3 Å². The van der Waals surface area contributed by atoms with Gasteiger partial charge in [0.1, 0.15) is 0 Å². The molecule has 102 valence electrons. The second-order valence-electron chi connectivity index (χ2n) is 4.85. The van der Waals surface area contributed by atoms with E-state index in [1.165, 1.54) is 0 Å². The maximum atomic E-state index is 9.71. The van der Waals surface area contributed by atoms with E-state index < -0.39 is 5.54 Å². The number of benzene rings is 1. The Kier molecular flexibility index (Phi) is 4.35. The Labute approximate surface area is 114 Å². The summed E-state index contributed by atoms with van der Waals surface area (Å²) < 4.78 is 1.95. The summed E-state index contributed by atoms with van der Waals surface area (Å²) in [7, 11) is 0. The van der Waals surface area contributed by atoms with Crippen molar-refractivity contribution in [2.75, 3.05) is 6.61 Å². The number of aliphatic hydroxyl groups excluding tert-OH is 1. The van der Waals surface area contributed by atoms with Crippen LogP contribution in [0.5, 0.6) is 0 Å². The van der Waals surface area contributed by atoms with Crippen LogP contribution in [-0.2, 0) is 18.6 Å². The number of nitrogens with zero attached hydrogens (tertiary/aromatic N) is 2. The molecule has 1 aromatic heterocycles. The Morgan fingerprint density at radius 2 is 2.00 bits per heavy atom. The summed E-state index contributed by atoms with van der Waals surface area (Å²) in [4.78, 5) is 0. The molecule has 0 aliphatic rings. The number of aromatic nitrogens is 2. The molecule has 1 unspecified atom stereocenters. The zero-order valence-electron chi connectivity index (χ0n) is 11.5. The van der Waals surface area contributed by atoms with Crippen LogP contribution in [-0.4, -0.2) is 21.5 Å². The number of hydrogen-bond acceptors (Lipinski definition) is 3. The summed E-state index contributed by atoms with van der Waals surface area (Å²) >= 11 is 0. The Hall–Kier alpha value is -1.65. The molecular formula is C15H21N3O. The van der Waals surface area contributed by atoms with Gasteiger partial charge in [0.25, 0.3) is 0 Å². The fourth-order valence-corrected chi connectivity index (χ4v) is 2.14. The molecule has 0 aliphatic carbocycles. The van der Waals surface area contributed by atoms with Crippen molar-refractivity contribution in [3.05, 3.63) is 53.9 Å². The van der Waals surface area contributed by atoms with E-state index in [-0.39, 0.29) is 6.61 Å². The third-order valence-corrected chi connectivity index (χ3v) is 3.49. The van der Waals surface area contributed by atoms with E-state index in [0.717, 1.165) is 17.8 Å². The van der Waals surface area contributed by atoms with E-state index in [9.17, 15) is 5.11 Å². The van der Waals surface area contributed by atoms with E-state index in [2.05, 4.69) is 17.3 Å². The summed E-state index contributed by atoms with van der Waals surface area (Å²) in [6.45, 7) is 5.66. The highest BCUT2D eigenvalue weighted by atomic mass is 16.3. The first-order valence-electron chi connectivity index (χ1n) is 6.61. The Morgan fingerprint density at radius 1 is 1.26 bits per heavy atom. The van der Waals surface area contributed by atoms with Gasteiger partial charge < -0.3 is 10.4 Å². The molecule has 0 saturated heterocycles. The highest BCUT2D eigenvalue weighted by molar-refractivity contribution is 5.24. The van der Waals surface area contributed by atoms with Crippen LogP contribution in [0.3, 0.4) is 0 Å². The molecule has 19 heavy (non-hydrogen) atoms. The smallest absolute Gasteiger partial charge is 0.0652 e. The first-order chi connectivity index (χ1) is 9.19. The Balaban J connectivity index is 2.11. The van der Waals surface area contributed by atoms with Crippen molar-refractivity contribution >= 4 is 0 Å². The molecule has 0 spiro atoms. The average molecular weight is 259 g/mol. The topological polar surface area (TPSA) is 50.1 Å². The third-order valence-electron chi connectivity index (χ3n) is 3.49. The second-order valence-corrected chi connectivity index (χ2v) is 4.85. The van der Waals surface area contributed by atoms with Crippen LogP contribution in [0.1, 0.15) is 25.1 Å². The molecule has 2 N–H and O–H groups in total. The van der Waals surface area contributed by atoms with Crippen molar-refractivity contribution in [2.24, 2.45) is 0 Å². The first-order valence-corrected chi connectivity index (χ1v) is 6.61. The quantitative estimate of drug-likeness (QED) is 0.833. The summed E-state index contributed by atoms with van der Waals surface area (Å²) in [5, 5.41) is 17.4. The Bertz CT molecular complexity index is 509. The maximum absolute atomic E-state index is 9.71. The van der Waals surface area contributed by atoms with Crippen molar-refractivity contribution in [1.29, 1.82) is 0 Å². The van der Waals surface area contributed by atoms with Gasteiger partial charge in [0.05, 0.1) is 17.8 Å². The van der Waals surface area contributed by atoms with E-state index in [1.54, 1.807) is 6.20 Å². The number of nitrogens with one attached hydrogen (secondary N) is 1. The van der Waals surface area contributed by atoms with Crippen LogP contribution >= 0.6 is 0 Å². The van der Waals surface area contributed by atoms with Gasteiger partial charge in [-0.15, -0.1) is 0 Å². The van der Waals surface area contributed by atoms with Crippen molar-refractivity contribution in [1.82, 2.24) is 15.1 Å². The Morgan fingerprint density at radius 3 is 2.63 bits per heavy atom. The number of aliphatic hydroxyl groups is 1. The zero-order chi connectivity index (χ0) is 13.7. The maximum Gasteiger partial charge on any atom is 0.0652 e. The van der Waals surface area contributed by atoms with Crippen molar-refractivity contribution in [3.63, 3.8) is 0 Å². The fraction of sp³-hybridized carbons (Fsp3) is 0.400. The molecule has 4 heteroatoms. The van der Waals surface area contributed by atoms with E-state index in [0.29, 0.717) is 6.54 Å². The van der Waals surface area contributed by atoms with Gasteiger partial charge in [-0.2, -0.15) is 5.10 Å². The first kappa shape index (κ1) is 13.8. The molecule has 0 aliphatic heterocycles. The summed E-state index contributed by atoms with van der Waals surface area (Å²) in [6.07, 6.45) is 1.80. The van der Waals surface area contributed by atoms with Gasteiger partial charge >= 0.3 is 0 Å². The van der Waals surface area contributed by atoms with Gasteiger partial charge in [-0.25, -0.2) is 0 Å². The lowest BCUT2D eigenvalue weighted by Gasteiger charge is -2.29. The van der Waals surface area contributed by atoms with E-state index in [4.69, 9.17) is 0 Å². The minimum absolute atomic E-state index is 0.0529. The monoisotopic (exact) mass is 259 g/mol. The molecule has 0 bridgehead atoms. The molecular weight excluding hydrogens is 238 g/mol. The molecule has 0 saturated carbocycles. The van der Waals surface area contributed by atoms with Crippen molar-refractivity contribution < 1.29 is 5.11 Å². The third kappa shape index (κ3) is 3.03. The van der Waals surface area contributed by atoms with E-state index in [1.807, 2.05) is 48.0 Å². The van der Waals surface area contributed by atoms with Crippen LogP contribution in [0.15, 0.2) is 42.6 Å². The predicted molar refractivity (Wildman–Crippen MR) is 75.6 cm³/mol. The average Bonchev–Trinajstić information content (AvgIpc) is 2.93. The summed E-state index contributed by atoms with van der Waals surface area (Å²) in [5.41, 5.74) is 1.77. The minimum Gasteiger partial charge on any atom is -0.394 e. The largest absolute Gasteiger partial charge is 0.394 e. The van der Waals surface area contributed by atoms with Gasteiger partial charge in [0.2, 0.25) is 0 Å². The van der Waals surface area contributed by atoms with Crippen molar-refractivity contribution in [3.8, 4) is 0 Å². The summed E-state index contributed by atoms with van der Waals surface area (Å²) in [6, 6.07) is 12.0. The lowest BCUT2D eigenvalue weighted by Crippen LogP contribution is -2.42. The normalized spacial score (nSPS) is 14.3. The summed E-state index contributed by atoms with van der Waals surface area (Å²) in [5.74, 6) is 0. The second kappa shape index (κ2) is 5.99. The number of aryl methyl sites for hydroxylation is 1. The zero-order valence-corrected chi connectivity index (χ0v) is 11.5. The van der Waals surface area contributed by atoms with Gasteiger partial charge in [-0.3, -0.25) is 4.68 Å². The lowest BCUT2D eigenvalue weighted by atomic mass is 9.93. The SMILES string of the molecule is CCn1nccc1CNC(C)(CO)c1ccccc1. The van der Waals surface area contributed by atoms with Crippen LogP contribution in [0.25, 0.3) is 0 Å². The van der Waals surface area contributed by atoms with Crippen LogP contribution in [0.4, 0.5) is 0 Å². The molecule has 0 radical (unpaired) electrons. The van der Waals surface area contributed by atoms with E-state index >= 15 is 0 Å². The number of hydrogen-bond donors (Lipinski definition) is 2. The molecule has 1 atom stereocenters. The highest BCUT2D eigenvalue weighted by Crippen LogP contribution is 2.20. The van der Waals surface area contributed by atoms with Gasteiger partial charge in [0.15, 0.2) is 0 Å². The molecule has 2 rings (SSSR count). The van der Waals surface area contributed by atoms with Crippen LogP contribution < -0.4 is 5.32 Å². The molecule has 1 aromatic carbocycles. The molecule has 2 aromatic rings. The molecule has 0 fully saturated rings.